The predicted molar refractivity (Wildman–Crippen MR) is 77.0 cm³/mol. The van der Waals surface area contributed by atoms with Crippen LogP contribution in [0.25, 0.3) is 0 Å². The fraction of sp³-hybridized carbons (Fsp3) is 0.875. The zero-order valence-electron chi connectivity index (χ0n) is 12.4. The van der Waals surface area contributed by atoms with Crippen LogP contribution in [0.15, 0.2) is 0 Å². The van der Waals surface area contributed by atoms with Crippen molar-refractivity contribution in [3.05, 3.63) is 0 Å². The average Bonchev–Trinajstić information content (AvgIpc) is 3.15. The van der Waals surface area contributed by atoms with Crippen molar-refractivity contribution in [1.29, 1.82) is 0 Å². The molecule has 0 aromatic heterocycles. The Bertz CT molecular complexity index is 386. The van der Waals surface area contributed by atoms with Gasteiger partial charge in [0, 0.05) is 6.54 Å². The first-order valence-electron chi connectivity index (χ1n) is 8.31. The van der Waals surface area contributed by atoms with Crippen molar-refractivity contribution in [1.82, 2.24) is 10.2 Å². The van der Waals surface area contributed by atoms with Crippen molar-refractivity contribution in [2.45, 2.75) is 70.4 Å². The van der Waals surface area contributed by atoms with Gasteiger partial charge in [0.2, 0.25) is 11.8 Å². The predicted octanol–water partition coefficient (Wildman–Crippen LogP) is 2.08. The van der Waals surface area contributed by atoms with E-state index in [2.05, 4.69) is 5.32 Å². The molecule has 4 nitrogen and oxygen atoms in total. The van der Waals surface area contributed by atoms with E-state index in [1.165, 1.54) is 25.7 Å². The third-order valence-electron chi connectivity index (χ3n) is 5.26. The molecule has 2 amide bonds. The van der Waals surface area contributed by atoms with Crippen LogP contribution in [0.3, 0.4) is 0 Å². The molecule has 0 radical (unpaired) electrons. The molecule has 1 heterocycles. The van der Waals surface area contributed by atoms with E-state index in [0.717, 1.165) is 38.1 Å². The summed E-state index contributed by atoms with van der Waals surface area (Å²) >= 11 is 0. The minimum atomic E-state index is -0.237. The molecule has 0 spiro atoms. The minimum absolute atomic E-state index is 0.0652. The summed E-state index contributed by atoms with van der Waals surface area (Å²) < 4.78 is 0. The van der Waals surface area contributed by atoms with Gasteiger partial charge in [-0.3, -0.25) is 9.59 Å². The highest BCUT2D eigenvalue weighted by Gasteiger charge is 2.46. The molecule has 4 heteroatoms. The van der Waals surface area contributed by atoms with Crippen molar-refractivity contribution in [3.63, 3.8) is 0 Å². The minimum Gasteiger partial charge on any atom is -0.342 e. The van der Waals surface area contributed by atoms with Crippen LogP contribution < -0.4 is 5.32 Å². The third kappa shape index (κ3) is 2.70. The molecule has 1 aliphatic heterocycles. The van der Waals surface area contributed by atoms with Gasteiger partial charge in [0.05, 0.1) is 0 Å². The van der Waals surface area contributed by atoms with Gasteiger partial charge in [0.25, 0.3) is 0 Å². The number of nitrogens with one attached hydrogen (secondary N) is 1. The molecule has 112 valence electrons. The molecule has 3 rings (SSSR count). The standard InChI is InChI=1S/C16H26N2O2/c1-2-13-15(19)17-14(12-7-8-12)16(20)18(13)10-9-11-5-3-4-6-11/h11-14H,2-10H2,1H3,(H,17,19). The Kier molecular flexibility index (Phi) is 3.99. The van der Waals surface area contributed by atoms with Crippen LogP contribution in [0, 0.1) is 11.8 Å². The molecule has 0 aromatic rings. The first-order valence-corrected chi connectivity index (χ1v) is 8.31. The first kappa shape index (κ1) is 13.9. The topological polar surface area (TPSA) is 49.4 Å². The van der Waals surface area contributed by atoms with Crippen molar-refractivity contribution >= 4 is 11.8 Å². The van der Waals surface area contributed by atoms with Crippen LogP contribution >= 0.6 is 0 Å². The van der Waals surface area contributed by atoms with Gasteiger partial charge in [-0.15, -0.1) is 0 Å². The molecule has 1 saturated heterocycles. The summed E-state index contributed by atoms with van der Waals surface area (Å²) in [5.41, 5.74) is 0. The van der Waals surface area contributed by atoms with Gasteiger partial charge in [0.15, 0.2) is 0 Å². The quantitative estimate of drug-likeness (QED) is 0.837. The van der Waals surface area contributed by atoms with Crippen molar-refractivity contribution in [2.24, 2.45) is 11.8 Å². The third-order valence-corrected chi connectivity index (χ3v) is 5.26. The number of hydrogen-bond acceptors (Lipinski definition) is 2. The molecule has 1 N–H and O–H groups in total. The number of nitrogens with zero attached hydrogens (tertiary/aromatic N) is 1. The first-order chi connectivity index (χ1) is 9.70. The fourth-order valence-electron chi connectivity index (χ4n) is 3.83. The number of amides is 2. The molecule has 0 bridgehead atoms. The molecule has 2 saturated carbocycles. The SMILES string of the molecule is CCC1C(=O)NC(C2CC2)C(=O)N1CCC1CCCC1. The summed E-state index contributed by atoms with van der Waals surface area (Å²) in [6.07, 6.45) is 9.25. The Hall–Kier alpha value is -1.06. The van der Waals surface area contributed by atoms with Gasteiger partial charge in [0.1, 0.15) is 12.1 Å². The normalized spacial score (nSPS) is 31.8. The molecule has 3 fully saturated rings. The lowest BCUT2D eigenvalue weighted by atomic mass is 9.99. The Balaban J connectivity index is 1.65. The lowest BCUT2D eigenvalue weighted by Crippen LogP contribution is -2.64. The van der Waals surface area contributed by atoms with Crippen LogP contribution in [0.1, 0.15) is 58.3 Å². The van der Waals surface area contributed by atoms with Gasteiger partial charge in [-0.25, -0.2) is 0 Å². The zero-order valence-corrected chi connectivity index (χ0v) is 12.4. The molecule has 3 aliphatic rings. The molecule has 20 heavy (non-hydrogen) atoms. The van der Waals surface area contributed by atoms with Gasteiger partial charge in [-0.05, 0) is 37.5 Å². The van der Waals surface area contributed by atoms with Crippen LogP contribution in [0.2, 0.25) is 0 Å². The second-order valence-electron chi connectivity index (χ2n) is 6.72. The highest BCUT2D eigenvalue weighted by Crippen LogP contribution is 2.36. The van der Waals surface area contributed by atoms with Gasteiger partial charge in [-0.2, -0.15) is 0 Å². The summed E-state index contributed by atoms with van der Waals surface area (Å²) in [5, 5.41) is 2.96. The Morgan fingerprint density at radius 3 is 2.45 bits per heavy atom. The van der Waals surface area contributed by atoms with E-state index in [-0.39, 0.29) is 23.9 Å². The van der Waals surface area contributed by atoms with Crippen molar-refractivity contribution in [3.8, 4) is 0 Å². The van der Waals surface area contributed by atoms with Gasteiger partial charge < -0.3 is 10.2 Å². The van der Waals surface area contributed by atoms with Crippen LogP contribution in [-0.2, 0) is 9.59 Å². The monoisotopic (exact) mass is 278 g/mol. The molecule has 2 atom stereocenters. The van der Waals surface area contributed by atoms with Crippen LogP contribution in [0.5, 0.6) is 0 Å². The molecular formula is C16H26N2O2. The highest BCUT2D eigenvalue weighted by atomic mass is 16.2. The molecule has 2 aliphatic carbocycles. The maximum absolute atomic E-state index is 12.6. The summed E-state index contributed by atoms with van der Waals surface area (Å²) in [6, 6.07) is -0.465. The Morgan fingerprint density at radius 1 is 1.15 bits per heavy atom. The second-order valence-corrected chi connectivity index (χ2v) is 6.72. The van der Waals surface area contributed by atoms with Crippen LogP contribution in [-0.4, -0.2) is 35.3 Å². The van der Waals surface area contributed by atoms with Gasteiger partial charge in [-0.1, -0.05) is 32.6 Å². The molecule has 0 aromatic carbocycles. The zero-order chi connectivity index (χ0) is 14.1. The van der Waals surface area contributed by atoms with Gasteiger partial charge >= 0.3 is 0 Å². The van der Waals surface area contributed by atoms with E-state index in [4.69, 9.17) is 0 Å². The van der Waals surface area contributed by atoms with E-state index >= 15 is 0 Å². The fourth-order valence-corrected chi connectivity index (χ4v) is 3.83. The van der Waals surface area contributed by atoms with E-state index in [1.54, 1.807) is 0 Å². The maximum Gasteiger partial charge on any atom is 0.246 e. The second kappa shape index (κ2) is 5.74. The number of rotatable bonds is 5. The molecular weight excluding hydrogens is 252 g/mol. The lowest BCUT2D eigenvalue weighted by molar-refractivity contribution is -0.150. The summed E-state index contributed by atoms with van der Waals surface area (Å²) in [4.78, 5) is 26.7. The average molecular weight is 278 g/mol. The van der Waals surface area contributed by atoms with E-state index < -0.39 is 0 Å². The lowest BCUT2D eigenvalue weighted by Gasteiger charge is -2.39. The summed E-state index contributed by atoms with van der Waals surface area (Å²) in [6.45, 7) is 2.77. The summed E-state index contributed by atoms with van der Waals surface area (Å²) in [5.74, 6) is 1.41. The van der Waals surface area contributed by atoms with E-state index in [9.17, 15) is 9.59 Å². The summed E-state index contributed by atoms with van der Waals surface area (Å²) in [7, 11) is 0. The van der Waals surface area contributed by atoms with Crippen molar-refractivity contribution < 1.29 is 9.59 Å². The van der Waals surface area contributed by atoms with E-state index in [1.807, 2.05) is 11.8 Å². The smallest absolute Gasteiger partial charge is 0.246 e. The Morgan fingerprint density at radius 2 is 1.85 bits per heavy atom. The Labute approximate surface area is 121 Å². The molecule has 2 unspecified atom stereocenters. The van der Waals surface area contributed by atoms with Crippen LogP contribution in [0.4, 0.5) is 0 Å². The number of hydrogen-bond donors (Lipinski definition) is 1. The highest BCUT2D eigenvalue weighted by molar-refractivity contribution is 5.97. The largest absolute Gasteiger partial charge is 0.342 e. The number of carbonyl (C=O) groups is 2. The number of piperazine rings is 1. The number of carbonyl (C=O) groups excluding carboxylic acids is 2. The van der Waals surface area contributed by atoms with E-state index in [0.29, 0.717) is 5.92 Å². The maximum atomic E-state index is 12.6. The van der Waals surface area contributed by atoms with Crippen molar-refractivity contribution in [2.75, 3.05) is 6.54 Å².